The molecule has 0 aliphatic rings. The molecule has 21 heavy (non-hydrogen) atoms. The smallest absolute Gasteiger partial charge is 0.336 e. The maximum Gasteiger partial charge on any atom is 0.336 e. The summed E-state index contributed by atoms with van der Waals surface area (Å²) in [5.74, 6) is -1.98. The van der Waals surface area contributed by atoms with Crippen LogP contribution >= 0.6 is 11.6 Å². The summed E-state index contributed by atoms with van der Waals surface area (Å²) < 4.78 is 4.92. The van der Waals surface area contributed by atoms with Crippen molar-refractivity contribution in [2.24, 2.45) is 0 Å². The minimum Gasteiger partial charge on any atom is -0.871 e. The van der Waals surface area contributed by atoms with Crippen LogP contribution in [-0.4, -0.2) is 23.7 Å². The monoisotopic (exact) mass is 311 g/mol. The summed E-state index contributed by atoms with van der Waals surface area (Å²) in [5.41, 5.74) is 0.673. The lowest BCUT2D eigenvalue weighted by atomic mass is 10.0. The molecule has 0 atom stereocenters. The van der Waals surface area contributed by atoms with E-state index in [0.717, 1.165) is 6.07 Å². The number of carboxylic acid groups (broad SMARTS) is 1. The SMILES string of the molecule is C=C(C)C(=O)OCCCCc1c(C(=O)O)ccc([O-])c1Cl. The Labute approximate surface area is 127 Å². The zero-order valence-corrected chi connectivity index (χ0v) is 12.4. The van der Waals surface area contributed by atoms with Crippen molar-refractivity contribution in [1.29, 1.82) is 0 Å². The standard InChI is InChI=1S/C15H17ClO5/c1-9(2)15(20)21-8-4-3-5-10-11(14(18)19)6-7-12(17)13(10)16/h6-7,17H,1,3-5,8H2,2H3,(H,18,19)/p-1. The van der Waals surface area contributed by atoms with Crippen molar-refractivity contribution in [3.8, 4) is 5.75 Å². The van der Waals surface area contributed by atoms with Gasteiger partial charge in [0.05, 0.1) is 12.2 Å². The van der Waals surface area contributed by atoms with Gasteiger partial charge in [0.15, 0.2) is 0 Å². The van der Waals surface area contributed by atoms with E-state index in [1.165, 1.54) is 6.07 Å². The second kappa shape index (κ2) is 7.69. The molecule has 0 unspecified atom stereocenters. The second-order valence-electron chi connectivity index (χ2n) is 4.58. The van der Waals surface area contributed by atoms with Gasteiger partial charge in [0.25, 0.3) is 0 Å². The van der Waals surface area contributed by atoms with E-state index < -0.39 is 17.7 Å². The molecule has 0 heterocycles. The van der Waals surface area contributed by atoms with Crippen molar-refractivity contribution in [1.82, 2.24) is 0 Å². The topological polar surface area (TPSA) is 86.7 Å². The number of carbonyl (C=O) groups excluding carboxylic acids is 1. The molecule has 1 N–H and O–H groups in total. The predicted molar refractivity (Wildman–Crippen MR) is 76.6 cm³/mol. The molecule has 5 nitrogen and oxygen atoms in total. The van der Waals surface area contributed by atoms with E-state index >= 15 is 0 Å². The van der Waals surface area contributed by atoms with E-state index in [1.54, 1.807) is 6.92 Å². The summed E-state index contributed by atoms with van der Waals surface area (Å²) in [6, 6.07) is 2.40. The van der Waals surface area contributed by atoms with E-state index in [9.17, 15) is 14.7 Å². The van der Waals surface area contributed by atoms with Gasteiger partial charge < -0.3 is 14.9 Å². The number of benzene rings is 1. The average Bonchev–Trinajstić information content (AvgIpc) is 2.42. The summed E-state index contributed by atoms with van der Waals surface area (Å²) in [7, 11) is 0. The normalized spacial score (nSPS) is 10.2. The number of esters is 1. The highest BCUT2D eigenvalue weighted by Crippen LogP contribution is 2.29. The van der Waals surface area contributed by atoms with Crippen molar-refractivity contribution in [3.05, 3.63) is 40.4 Å². The Hall–Kier alpha value is -2.01. The third-order valence-corrected chi connectivity index (χ3v) is 3.26. The van der Waals surface area contributed by atoms with Gasteiger partial charge in [0.2, 0.25) is 0 Å². The van der Waals surface area contributed by atoms with Crippen molar-refractivity contribution in [3.63, 3.8) is 0 Å². The molecule has 0 saturated heterocycles. The van der Waals surface area contributed by atoms with Gasteiger partial charge in [-0.25, -0.2) is 9.59 Å². The van der Waals surface area contributed by atoms with Crippen LogP contribution in [0.3, 0.4) is 0 Å². The highest BCUT2D eigenvalue weighted by Gasteiger charge is 2.13. The number of carbonyl (C=O) groups is 2. The van der Waals surface area contributed by atoms with E-state index in [0.29, 0.717) is 30.4 Å². The molecular weight excluding hydrogens is 296 g/mol. The van der Waals surface area contributed by atoms with Gasteiger partial charge in [-0.15, -0.1) is 0 Å². The maximum atomic E-state index is 11.5. The molecule has 0 radical (unpaired) electrons. The molecular formula is C15H16ClO5-. The molecule has 6 heteroatoms. The van der Waals surface area contributed by atoms with Gasteiger partial charge in [-0.3, -0.25) is 0 Å². The number of halogens is 1. The van der Waals surface area contributed by atoms with Gasteiger partial charge in [-0.05, 0) is 37.8 Å². The van der Waals surface area contributed by atoms with E-state index in [4.69, 9.17) is 21.4 Å². The van der Waals surface area contributed by atoms with E-state index in [-0.39, 0.29) is 17.2 Å². The number of hydrogen-bond acceptors (Lipinski definition) is 4. The quantitative estimate of drug-likeness (QED) is 0.475. The first kappa shape index (κ1) is 17.0. The van der Waals surface area contributed by atoms with Crippen LogP contribution in [0.1, 0.15) is 35.7 Å². The Bertz CT molecular complexity index is 565. The van der Waals surface area contributed by atoms with Crippen molar-refractivity contribution in [2.45, 2.75) is 26.2 Å². The summed E-state index contributed by atoms with van der Waals surface area (Å²) in [5, 5.41) is 20.5. The first-order valence-corrected chi connectivity index (χ1v) is 6.76. The first-order chi connectivity index (χ1) is 9.84. The fourth-order valence-electron chi connectivity index (χ4n) is 1.74. The summed E-state index contributed by atoms with van der Waals surface area (Å²) >= 11 is 5.87. The minimum atomic E-state index is -1.12. The van der Waals surface area contributed by atoms with Crippen LogP contribution < -0.4 is 5.11 Å². The average molecular weight is 312 g/mol. The molecule has 0 aliphatic carbocycles. The number of unbranched alkanes of at least 4 members (excludes halogenated alkanes) is 1. The zero-order valence-electron chi connectivity index (χ0n) is 11.6. The number of aromatic carboxylic acids is 1. The van der Waals surface area contributed by atoms with Gasteiger partial charge >= 0.3 is 11.9 Å². The van der Waals surface area contributed by atoms with Gasteiger partial charge in [0.1, 0.15) is 0 Å². The Morgan fingerprint density at radius 1 is 1.38 bits per heavy atom. The van der Waals surface area contributed by atoms with E-state index in [2.05, 4.69) is 6.58 Å². The third-order valence-electron chi connectivity index (χ3n) is 2.84. The molecule has 0 aromatic heterocycles. The van der Waals surface area contributed by atoms with E-state index in [1.807, 2.05) is 0 Å². The molecule has 1 aromatic carbocycles. The predicted octanol–water partition coefficient (Wildman–Crippen LogP) is 2.55. The Morgan fingerprint density at radius 2 is 2.05 bits per heavy atom. The van der Waals surface area contributed by atoms with Crippen molar-refractivity contribution < 1.29 is 24.5 Å². The zero-order chi connectivity index (χ0) is 16.0. The van der Waals surface area contributed by atoms with Gasteiger partial charge in [0, 0.05) is 10.6 Å². The molecule has 0 fully saturated rings. The third kappa shape index (κ3) is 4.79. The second-order valence-corrected chi connectivity index (χ2v) is 4.96. The van der Waals surface area contributed by atoms with Gasteiger partial charge in [-0.1, -0.05) is 30.0 Å². The number of rotatable bonds is 7. The highest BCUT2D eigenvalue weighted by atomic mass is 35.5. The summed E-state index contributed by atoms with van der Waals surface area (Å²) in [6.07, 6.45) is 1.42. The lowest BCUT2D eigenvalue weighted by Gasteiger charge is -2.15. The fourth-order valence-corrected chi connectivity index (χ4v) is 2.00. The van der Waals surface area contributed by atoms with Crippen molar-refractivity contribution in [2.75, 3.05) is 6.61 Å². The number of hydrogen-bond donors (Lipinski definition) is 1. The molecule has 0 spiro atoms. The fraction of sp³-hybridized carbons (Fsp3) is 0.333. The first-order valence-electron chi connectivity index (χ1n) is 6.39. The molecule has 0 bridgehead atoms. The summed E-state index contributed by atoms with van der Waals surface area (Å²) in [6.45, 7) is 5.23. The Balaban J connectivity index is 2.59. The van der Waals surface area contributed by atoms with Crippen LogP contribution in [0.25, 0.3) is 0 Å². The molecule has 0 amide bonds. The minimum absolute atomic E-state index is 0.0264. The lowest BCUT2D eigenvalue weighted by Crippen LogP contribution is -2.08. The highest BCUT2D eigenvalue weighted by molar-refractivity contribution is 6.33. The Morgan fingerprint density at radius 3 is 2.62 bits per heavy atom. The van der Waals surface area contributed by atoms with Crippen molar-refractivity contribution >= 4 is 23.5 Å². The molecule has 114 valence electrons. The molecule has 0 aliphatic heterocycles. The largest absolute Gasteiger partial charge is 0.871 e. The Kier molecular flexibility index (Phi) is 6.24. The van der Waals surface area contributed by atoms with Crippen LogP contribution in [-0.2, 0) is 16.0 Å². The molecule has 0 saturated carbocycles. The maximum absolute atomic E-state index is 11.5. The molecule has 1 rings (SSSR count). The lowest BCUT2D eigenvalue weighted by molar-refractivity contribution is -0.268. The van der Waals surface area contributed by atoms with Gasteiger partial charge in [-0.2, -0.15) is 0 Å². The van der Waals surface area contributed by atoms with Crippen LogP contribution in [0, 0.1) is 0 Å². The summed E-state index contributed by atoms with van der Waals surface area (Å²) in [4.78, 5) is 22.3. The van der Waals surface area contributed by atoms with Crippen LogP contribution in [0.5, 0.6) is 5.75 Å². The van der Waals surface area contributed by atoms with Crippen LogP contribution in [0.2, 0.25) is 5.02 Å². The number of ether oxygens (including phenoxy) is 1. The molecule has 1 aromatic rings. The number of carboxylic acids is 1. The van der Waals surface area contributed by atoms with Crippen LogP contribution in [0.4, 0.5) is 0 Å². The van der Waals surface area contributed by atoms with Crippen LogP contribution in [0.15, 0.2) is 24.3 Å².